The maximum Gasteiger partial charge on any atom is 0.261 e. The molecule has 0 radical (unpaired) electrons. The third kappa shape index (κ3) is 4.16. The predicted octanol–water partition coefficient (Wildman–Crippen LogP) is 1.31. The van der Waals surface area contributed by atoms with Gasteiger partial charge in [-0.3, -0.25) is 14.2 Å². The highest BCUT2D eigenvalue weighted by Gasteiger charge is 2.16. The molecule has 0 aliphatic heterocycles. The summed E-state index contributed by atoms with van der Waals surface area (Å²) in [6.45, 7) is 4.12. The number of nitrogens with one attached hydrogen (secondary N) is 1. The number of hydrogen-bond donors (Lipinski definition) is 2. The van der Waals surface area contributed by atoms with E-state index >= 15 is 0 Å². The summed E-state index contributed by atoms with van der Waals surface area (Å²) in [6, 6.07) is 7.02. The lowest BCUT2D eigenvalue weighted by Crippen LogP contribution is -2.39. The summed E-state index contributed by atoms with van der Waals surface area (Å²) in [7, 11) is 0. The molecule has 1 amide bonds. The molecule has 0 aliphatic rings. The highest BCUT2D eigenvalue weighted by atomic mass is 16.3. The van der Waals surface area contributed by atoms with Crippen molar-refractivity contribution in [3.63, 3.8) is 0 Å². The third-order valence-electron chi connectivity index (χ3n) is 4.15. The van der Waals surface area contributed by atoms with E-state index in [1.807, 2.05) is 19.9 Å². The first-order valence-corrected chi connectivity index (χ1v) is 7.95. The molecule has 1 aromatic carbocycles. The number of carbonyl (C=O) groups excluding carboxylic acids is 1. The number of rotatable bonds is 7. The molecule has 1 heterocycles. The van der Waals surface area contributed by atoms with E-state index in [4.69, 9.17) is 0 Å². The van der Waals surface area contributed by atoms with Crippen molar-refractivity contribution in [2.45, 2.75) is 39.3 Å². The van der Waals surface area contributed by atoms with E-state index in [0.717, 1.165) is 12.8 Å². The average Bonchev–Trinajstić information content (AvgIpc) is 2.57. The zero-order chi connectivity index (χ0) is 16.8. The van der Waals surface area contributed by atoms with Gasteiger partial charge in [0, 0.05) is 6.54 Å². The van der Waals surface area contributed by atoms with Crippen LogP contribution in [0.15, 0.2) is 35.4 Å². The summed E-state index contributed by atoms with van der Waals surface area (Å²) >= 11 is 0. The van der Waals surface area contributed by atoms with Gasteiger partial charge in [-0.05, 0) is 18.1 Å². The SMILES string of the molecule is CCC(CC)C(O)CNC(=O)Cn1cnc2ccccc2c1=O. The van der Waals surface area contributed by atoms with E-state index in [2.05, 4.69) is 10.3 Å². The fraction of sp³-hybridized carbons (Fsp3) is 0.471. The summed E-state index contributed by atoms with van der Waals surface area (Å²) in [5.74, 6) is -0.144. The fourth-order valence-electron chi connectivity index (χ4n) is 2.65. The van der Waals surface area contributed by atoms with Crippen LogP contribution in [-0.4, -0.2) is 33.2 Å². The van der Waals surface area contributed by atoms with E-state index in [9.17, 15) is 14.7 Å². The van der Waals surface area contributed by atoms with Crippen molar-refractivity contribution in [2.24, 2.45) is 5.92 Å². The lowest BCUT2D eigenvalue weighted by atomic mass is 9.96. The van der Waals surface area contributed by atoms with Gasteiger partial charge in [0.1, 0.15) is 6.54 Å². The molecule has 0 saturated carbocycles. The van der Waals surface area contributed by atoms with E-state index < -0.39 is 6.10 Å². The summed E-state index contributed by atoms with van der Waals surface area (Å²) in [5.41, 5.74) is 0.365. The van der Waals surface area contributed by atoms with Crippen LogP contribution in [0.5, 0.6) is 0 Å². The van der Waals surface area contributed by atoms with Crippen LogP contribution in [0.4, 0.5) is 0 Å². The second-order valence-corrected chi connectivity index (χ2v) is 5.64. The molecule has 6 heteroatoms. The highest BCUT2D eigenvalue weighted by molar-refractivity contribution is 5.78. The van der Waals surface area contributed by atoms with E-state index in [1.54, 1.807) is 18.2 Å². The van der Waals surface area contributed by atoms with E-state index in [1.165, 1.54) is 10.9 Å². The summed E-state index contributed by atoms with van der Waals surface area (Å²) < 4.78 is 1.28. The number of amides is 1. The fourth-order valence-corrected chi connectivity index (χ4v) is 2.65. The van der Waals surface area contributed by atoms with Crippen molar-refractivity contribution >= 4 is 16.8 Å². The van der Waals surface area contributed by atoms with Crippen LogP contribution in [-0.2, 0) is 11.3 Å². The largest absolute Gasteiger partial charge is 0.391 e. The van der Waals surface area contributed by atoms with Crippen molar-refractivity contribution in [3.05, 3.63) is 40.9 Å². The van der Waals surface area contributed by atoms with Crippen LogP contribution in [0.25, 0.3) is 10.9 Å². The number of aliphatic hydroxyl groups excluding tert-OH is 1. The Labute approximate surface area is 135 Å². The van der Waals surface area contributed by atoms with Gasteiger partial charge in [0.15, 0.2) is 0 Å². The number of benzene rings is 1. The minimum Gasteiger partial charge on any atom is -0.391 e. The molecular weight excluding hydrogens is 294 g/mol. The molecule has 2 rings (SSSR count). The molecule has 0 spiro atoms. The van der Waals surface area contributed by atoms with Gasteiger partial charge in [-0.25, -0.2) is 4.98 Å². The average molecular weight is 317 g/mol. The Morgan fingerprint density at radius 1 is 1.30 bits per heavy atom. The van der Waals surface area contributed by atoms with Crippen molar-refractivity contribution in [1.29, 1.82) is 0 Å². The molecule has 0 bridgehead atoms. The van der Waals surface area contributed by atoms with Crippen LogP contribution in [0, 0.1) is 5.92 Å². The first kappa shape index (κ1) is 17.1. The molecule has 1 atom stereocenters. The molecule has 23 heavy (non-hydrogen) atoms. The Balaban J connectivity index is 2.01. The van der Waals surface area contributed by atoms with Crippen LogP contribution in [0.3, 0.4) is 0 Å². The van der Waals surface area contributed by atoms with Gasteiger partial charge >= 0.3 is 0 Å². The number of fused-ring (bicyclic) bond motifs is 1. The number of carbonyl (C=O) groups is 1. The van der Waals surface area contributed by atoms with E-state index in [0.29, 0.717) is 10.9 Å². The molecule has 0 fully saturated rings. The Bertz CT molecular complexity index is 722. The highest BCUT2D eigenvalue weighted by Crippen LogP contribution is 2.12. The summed E-state index contributed by atoms with van der Waals surface area (Å²) in [6.07, 6.45) is 2.53. The predicted molar refractivity (Wildman–Crippen MR) is 89.1 cm³/mol. The summed E-state index contributed by atoms with van der Waals surface area (Å²) in [5, 5.41) is 13.2. The molecule has 1 aromatic heterocycles. The Morgan fingerprint density at radius 2 is 2.00 bits per heavy atom. The Kier molecular flexibility index (Phi) is 5.87. The quantitative estimate of drug-likeness (QED) is 0.806. The maximum absolute atomic E-state index is 12.3. The Hall–Kier alpha value is -2.21. The lowest BCUT2D eigenvalue weighted by Gasteiger charge is -2.20. The van der Waals surface area contributed by atoms with E-state index in [-0.39, 0.29) is 30.5 Å². The molecule has 2 N–H and O–H groups in total. The molecule has 2 aromatic rings. The number of nitrogens with zero attached hydrogens (tertiary/aromatic N) is 2. The summed E-state index contributed by atoms with van der Waals surface area (Å²) in [4.78, 5) is 28.5. The topological polar surface area (TPSA) is 84.2 Å². The second kappa shape index (κ2) is 7.87. The molecular formula is C17H23N3O3. The monoisotopic (exact) mass is 317 g/mol. The minimum atomic E-state index is -0.569. The molecule has 124 valence electrons. The molecule has 0 aliphatic carbocycles. The first-order chi connectivity index (χ1) is 11.1. The van der Waals surface area contributed by atoms with Crippen LogP contribution < -0.4 is 10.9 Å². The zero-order valence-corrected chi connectivity index (χ0v) is 13.5. The maximum atomic E-state index is 12.3. The molecule has 1 unspecified atom stereocenters. The smallest absolute Gasteiger partial charge is 0.261 e. The van der Waals surface area contributed by atoms with Crippen LogP contribution in [0.2, 0.25) is 0 Å². The Morgan fingerprint density at radius 3 is 2.70 bits per heavy atom. The van der Waals surface area contributed by atoms with Crippen LogP contribution >= 0.6 is 0 Å². The van der Waals surface area contributed by atoms with Gasteiger partial charge in [0.05, 0.1) is 23.3 Å². The number of aromatic nitrogens is 2. The van der Waals surface area contributed by atoms with Gasteiger partial charge in [-0.15, -0.1) is 0 Å². The normalized spacial score (nSPS) is 12.5. The number of hydrogen-bond acceptors (Lipinski definition) is 4. The van der Waals surface area contributed by atoms with Gasteiger partial charge in [0.2, 0.25) is 5.91 Å². The number of aliphatic hydroxyl groups is 1. The third-order valence-corrected chi connectivity index (χ3v) is 4.15. The van der Waals surface area contributed by atoms with Crippen molar-refractivity contribution in [3.8, 4) is 0 Å². The van der Waals surface area contributed by atoms with Gasteiger partial charge in [-0.1, -0.05) is 38.8 Å². The van der Waals surface area contributed by atoms with Crippen LogP contribution in [0.1, 0.15) is 26.7 Å². The van der Waals surface area contributed by atoms with Crippen molar-refractivity contribution < 1.29 is 9.90 Å². The van der Waals surface area contributed by atoms with Crippen molar-refractivity contribution in [1.82, 2.24) is 14.9 Å². The van der Waals surface area contributed by atoms with Crippen molar-refractivity contribution in [2.75, 3.05) is 6.54 Å². The second-order valence-electron chi connectivity index (χ2n) is 5.64. The standard InChI is InChI=1S/C17H23N3O3/c1-3-12(4-2)15(21)9-18-16(22)10-20-11-19-14-8-6-5-7-13(14)17(20)23/h5-8,11-12,15,21H,3-4,9-10H2,1-2H3,(H,18,22). The van der Waals surface area contributed by atoms with Gasteiger partial charge in [0.25, 0.3) is 5.56 Å². The minimum absolute atomic E-state index is 0.105. The molecule has 0 saturated heterocycles. The zero-order valence-electron chi connectivity index (χ0n) is 13.5. The van der Waals surface area contributed by atoms with Gasteiger partial charge in [-0.2, -0.15) is 0 Å². The number of para-hydroxylation sites is 1. The van der Waals surface area contributed by atoms with Gasteiger partial charge < -0.3 is 10.4 Å². The lowest BCUT2D eigenvalue weighted by molar-refractivity contribution is -0.122. The first-order valence-electron chi connectivity index (χ1n) is 7.95. The molecule has 6 nitrogen and oxygen atoms in total.